The number of rotatable bonds is 3. The van der Waals surface area contributed by atoms with Crippen LogP contribution in [0.3, 0.4) is 0 Å². The van der Waals surface area contributed by atoms with Crippen LogP contribution in [0, 0.1) is 0 Å². The molecule has 3 nitrogen and oxygen atoms in total. The molecule has 2 aromatic heterocycles. The molecule has 0 aliphatic heterocycles. The summed E-state index contributed by atoms with van der Waals surface area (Å²) in [5.74, 6) is 0.883. The number of halogens is 1. The summed E-state index contributed by atoms with van der Waals surface area (Å²) < 4.78 is 3.21. The minimum atomic E-state index is 0.883. The highest BCUT2D eigenvalue weighted by molar-refractivity contribution is 9.10. The predicted molar refractivity (Wildman–Crippen MR) is 119 cm³/mol. The molecule has 5 rings (SSSR count). The summed E-state index contributed by atoms with van der Waals surface area (Å²) in [5.41, 5.74) is 6.51. The molecule has 136 valence electrons. The van der Waals surface area contributed by atoms with Gasteiger partial charge in [-0.25, -0.2) is 4.98 Å². The molecule has 0 aliphatic rings. The Bertz CT molecular complexity index is 1260. The average Bonchev–Trinajstić information content (AvgIpc) is 3.31. The number of aromatic nitrogens is 3. The fourth-order valence-corrected chi connectivity index (χ4v) is 3.93. The first-order chi connectivity index (χ1) is 13.7. The lowest BCUT2D eigenvalue weighted by atomic mass is 10.1. The second kappa shape index (κ2) is 6.80. The van der Waals surface area contributed by atoms with E-state index in [2.05, 4.69) is 112 Å². The molecular weight excluding hydrogens is 410 g/mol. The van der Waals surface area contributed by atoms with Crippen molar-refractivity contribution in [2.24, 2.45) is 7.05 Å². The molecule has 0 unspecified atom stereocenters. The summed E-state index contributed by atoms with van der Waals surface area (Å²) in [7, 11) is 2.07. The Morgan fingerprint density at radius 1 is 0.821 bits per heavy atom. The van der Waals surface area contributed by atoms with E-state index in [0.717, 1.165) is 38.4 Å². The van der Waals surface area contributed by atoms with Gasteiger partial charge in [0.15, 0.2) is 0 Å². The maximum atomic E-state index is 5.04. The van der Waals surface area contributed by atoms with Gasteiger partial charge in [-0.1, -0.05) is 76.6 Å². The zero-order valence-corrected chi connectivity index (χ0v) is 16.9. The third-order valence-electron chi connectivity index (χ3n) is 5.04. The predicted octanol–water partition coefficient (Wildman–Crippen LogP) is 6.66. The first kappa shape index (κ1) is 17.0. The molecule has 28 heavy (non-hydrogen) atoms. The number of benzene rings is 3. The first-order valence-corrected chi connectivity index (χ1v) is 9.96. The van der Waals surface area contributed by atoms with Crippen LogP contribution in [-0.4, -0.2) is 14.5 Å². The lowest BCUT2D eigenvalue weighted by molar-refractivity contribution is 0.969. The van der Waals surface area contributed by atoms with E-state index in [1.165, 1.54) is 10.9 Å². The van der Waals surface area contributed by atoms with Gasteiger partial charge in [0.05, 0.1) is 11.4 Å². The summed E-state index contributed by atoms with van der Waals surface area (Å²) in [5, 5.41) is 1.20. The van der Waals surface area contributed by atoms with Gasteiger partial charge in [-0.2, -0.15) is 0 Å². The molecule has 0 atom stereocenters. The molecule has 0 amide bonds. The number of fused-ring (bicyclic) bond motifs is 1. The highest BCUT2D eigenvalue weighted by Crippen LogP contribution is 2.36. The van der Waals surface area contributed by atoms with Crippen LogP contribution in [-0.2, 0) is 7.05 Å². The molecular formula is C24H18BrN3. The molecule has 5 aromatic rings. The monoisotopic (exact) mass is 427 g/mol. The Kier molecular flexibility index (Phi) is 4.14. The Balaban J connectivity index is 1.75. The van der Waals surface area contributed by atoms with Crippen LogP contribution >= 0.6 is 15.9 Å². The van der Waals surface area contributed by atoms with E-state index in [1.807, 2.05) is 6.07 Å². The third kappa shape index (κ3) is 2.86. The van der Waals surface area contributed by atoms with E-state index in [9.17, 15) is 0 Å². The van der Waals surface area contributed by atoms with Gasteiger partial charge in [-0.15, -0.1) is 0 Å². The maximum absolute atomic E-state index is 5.04. The SMILES string of the molecule is Cn1cc(-c2nc(-c3ccc(Br)cc3)c(-c3ccccc3)[nH]2)c2ccccc21. The molecule has 2 heterocycles. The summed E-state index contributed by atoms with van der Waals surface area (Å²) in [6.07, 6.45) is 2.14. The second-order valence-corrected chi connectivity index (χ2v) is 7.77. The Morgan fingerprint density at radius 2 is 1.54 bits per heavy atom. The number of imidazole rings is 1. The number of aryl methyl sites for hydroxylation is 1. The van der Waals surface area contributed by atoms with Gasteiger partial charge in [0.25, 0.3) is 0 Å². The largest absolute Gasteiger partial charge is 0.350 e. The van der Waals surface area contributed by atoms with Crippen molar-refractivity contribution in [1.29, 1.82) is 0 Å². The molecule has 1 N–H and O–H groups in total. The topological polar surface area (TPSA) is 33.6 Å². The first-order valence-electron chi connectivity index (χ1n) is 9.16. The van der Waals surface area contributed by atoms with E-state index >= 15 is 0 Å². The fourth-order valence-electron chi connectivity index (χ4n) is 3.66. The third-order valence-corrected chi connectivity index (χ3v) is 5.56. The van der Waals surface area contributed by atoms with Gasteiger partial charge >= 0.3 is 0 Å². The van der Waals surface area contributed by atoms with E-state index in [0.29, 0.717) is 0 Å². The molecule has 0 bridgehead atoms. The van der Waals surface area contributed by atoms with Gasteiger partial charge in [0.2, 0.25) is 0 Å². The van der Waals surface area contributed by atoms with Gasteiger partial charge in [0, 0.05) is 45.3 Å². The molecule has 0 fully saturated rings. The lowest BCUT2D eigenvalue weighted by Gasteiger charge is -2.03. The van der Waals surface area contributed by atoms with E-state index in [4.69, 9.17) is 4.98 Å². The highest BCUT2D eigenvalue weighted by Gasteiger charge is 2.17. The number of hydrogen-bond donors (Lipinski definition) is 1. The van der Waals surface area contributed by atoms with Crippen LogP contribution in [0.1, 0.15) is 0 Å². The van der Waals surface area contributed by atoms with Crippen LogP contribution in [0.25, 0.3) is 44.8 Å². The minimum absolute atomic E-state index is 0.883. The minimum Gasteiger partial charge on any atom is -0.350 e. The van der Waals surface area contributed by atoms with Crippen molar-refractivity contribution in [3.63, 3.8) is 0 Å². The summed E-state index contributed by atoms with van der Waals surface area (Å²) >= 11 is 3.52. The van der Waals surface area contributed by atoms with Gasteiger partial charge in [0.1, 0.15) is 5.82 Å². The molecule has 0 saturated carbocycles. The summed E-state index contributed by atoms with van der Waals surface area (Å²) in [6.45, 7) is 0. The molecule has 0 spiro atoms. The van der Waals surface area contributed by atoms with Crippen LogP contribution in [0.2, 0.25) is 0 Å². The van der Waals surface area contributed by atoms with Crippen LogP contribution < -0.4 is 0 Å². The standard InChI is InChI=1S/C24H18BrN3/c1-28-15-20(19-9-5-6-10-21(19)28)24-26-22(16-7-3-2-4-8-16)23(27-24)17-11-13-18(25)14-12-17/h2-15H,1H3,(H,26,27). The van der Waals surface area contributed by atoms with Crippen molar-refractivity contribution in [3.8, 4) is 33.9 Å². The fraction of sp³-hybridized carbons (Fsp3) is 0.0417. The van der Waals surface area contributed by atoms with Crippen molar-refractivity contribution >= 4 is 26.8 Å². The smallest absolute Gasteiger partial charge is 0.140 e. The molecule has 0 radical (unpaired) electrons. The summed E-state index contributed by atoms with van der Waals surface area (Å²) in [6, 6.07) is 27.1. The zero-order chi connectivity index (χ0) is 19.1. The Hall–Kier alpha value is -3.11. The van der Waals surface area contributed by atoms with Crippen LogP contribution in [0.5, 0.6) is 0 Å². The number of hydrogen-bond acceptors (Lipinski definition) is 1. The number of nitrogens with zero attached hydrogens (tertiary/aromatic N) is 2. The van der Waals surface area contributed by atoms with Gasteiger partial charge in [-0.05, 0) is 18.2 Å². The lowest BCUT2D eigenvalue weighted by Crippen LogP contribution is -1.83. The molecule has 0 saturated heterocycles. The maximum Gasteiger partial charge on any atom is 0.140 e. The molecule has 0 aliphatic carbocycles. The van der Waals surface area contributed by atoms with E-state index in [1.54, 1.807) is 0 Å². The van der Waals surface area contributed by atoms with Crippen molar-refractivity contribution in [1.82, 2.24) is 14.5 Å². The van der Waals surface area contributed by atoms with E-state index < -0.39 is 0 Å². The quantitative estimate of drug-likeness (QED) is 0.342. The van der Waals surface area contributed by atoms with Crippen molar-refractivity contribution in [2.45, 2.75) is 0 Å². The number of nitrogens with one attached hydrogen (secondary N) is 1. The van der Waals surface area contributed by atoms with Crippen molar-refractivity contribution in [2.75, 3.05) is 0 Å². The number of H-pyrrole nitrogens is 1. The van der Waals surface area contributed by atoms with Crippen LogP contribution in [0.15, 0.2) is 89.5 Å². The number of para-hydroxylation sites is 1. The Morgan fingerprint density at radius 3 is 2.32 bits per heavy atom. The van der Waals surface area contributed by atoms with Crippen molar-refractivity contribution < 1.29 is 0 Å². The van der Waals surface area contributed by atoms with Gasteiger partial charge < -0.3 is 9.55 Å². The zero-order valence-electron chi connectivity index (χ0n) is 15.4. The van der Waals surface area contributed by atoms with Crippen LogP contribution in [0.4, 0.5) is 0 Å². The number of aromatic amines is 1. The average molecular weight is 428 g/mol. The highest BCUT2D eigenvalue weighted by atomic mass is 79.9. The molecule has 4 heteroatoms. The molecule has 3 aromatic carbocycles. The van der Waals surface area contributed by atoms with Crippen molar-refractivity contribution in [3.05, 3.63) is 89.5 Å². The summed E-state index contributed by atoms with van der Waals surface area (Å²) in [4.78, 5) is 8.63. The van der Waals surface area contributed by atoms with Gasteiger partial charge in [-0.3, -0.25) is 0 Å². The van der Waals surface area contributed by atoms with E-state index in [-0.39, 0.29) is 0 Å². The Labute approximate surface area is 171 Å². The normalized spacial score (nSPS) is 11.2. The second-order valence-electron chi connectivity index (χ2n) is 6.85.